The minimum absolute atomic E-state index is 0.0218. The Morgan fingerprint density at radius 2 is 2.04 bits per heavy atom. The highest BCUT2D eigenvalue weighted by Gasteiger charge is 2.34. The summed E-state index contributed by atoms with van der Waals surface area (Å²) < 4.78 is 0. The quantitative estimate of drug-likeness (QED) is 0.768. The molecule has 0 radical (unpaired) electrons. The van der Waals surface area contributed by atoms with Gasteiger partial charge in [-0.05, 0) is 39.5 Å². The van der Waals surface area contributed by atoms with Crippen molar-refractivity contribution in [1.29, 1.82) is 0 Å². The van der Waals surface area contributed by atoms with Gasteiger partial charge in [0.1, 0.15) is 5.82 Å². The Hall–Kier alpha value is -2.44. The van der Waals surface area contributed by atoms with Crippen molar-refractivity contribution in [2.75, 3.05) is 0 Å². The molecule has 3 N–H and O–H groups in total. The molecule has 7 heteroatoms. The first-order valence-electron chi connectivity index (χ1n) is 8.90. The zero-order valence-corrected chi connectivity index (χ0v) is 14.6. The molecule has 1 amide bonds. The lowest BCUT2D eigenvalue weighted by Gasteiger charge is -2.35. The average Bonchev–Trinajstić information content (AvgIpc) is 3.33. The van der Waals surface area contributed by atoms with Crippen molar-refractivity contribution in [3.8, 4) is 0 Å². The molecule has 2 saturated carbocycles. The van der Waals surface area contributed by atoms with Crippen molar-refractivity contribution in [1.82, 2.24) is 25.5 Å². The molecule has 0 atom stereocenters. The molecule has 0 spiro atoms. The molecule has 7 nitrogen and oxygen atoms in total. The lowest BCUT2D eigenvalue weighted by molar-refractivity contribution is -0.121. The standard InChI is InChI=1S/C18H23N5O2/c1-9-14(10(2)23-22-9)7-16(24)19-13-5-12(6-13)15-8-17(25)21-18(20-15)11-3-4-11/h8,11-13H,3-7H2,1-2H3,(H,19,24)(H,22,23)(H,20,21,25). The number of aromatic nitrogens is 4. The molecular weight excluding hydrogens is 318 g/mol. The van der Waals surface area contributed by atoms with E-state index in [4.69, 9.17) is 0 Å². The predicted octanol–water partition coefficient (Wildman–Crippen LogP) is 1.59. The van der Waals surface area contributed by atoms with E-state index >= 15 is 0 Å². The topological polar surface area (TPSA) is 104 Å². The average molecular weight is 341 g/mol. The SMILES string of the molecule is Cc1n[nH]c(C)c1CC(=O)NC1CC(c2cc(=O)[nH]c(C3CC3)n2)C1. The van der Waals surface area contributed by atoms with E-state index in [9.17, 15) is 9.59 Å². The summed E-state index contributed by atoms with van der Waals surface area (Å²) in [6.45, 7) is 3.83. The summed E-state index contributed by atoms with van der Waals surface area (Å²) in [5.74, 6) is 1.56. The van der Waals surface area contributed by atoms with Crippen LogP contribution in [0.4, 0.5) is 0 Å². The number of carbonyl (C=O) groups is 1. The molecule has 2 aromatic rings. The van der Waals surface area contributed by atoms with Crippen LogP contribution in [0, 0.1) is 13.8 Å². The Bertz CT molecular complexity index is 839. The van der Waals surface area contributed by atoms with E-state index in [1.165, 1.54) is 0 Å². The van der Waals surface area contributed by atoms with Crippen LogP contribution in [0.15, 0.2) is 10.9 Å². The van der Waals surface area contributed by atoms with E-state index in [1.54, 1.807) is 6.07 Å². The zero-order chi connectivity index (χ0) is 17.6. The molecular formula is C18H23N5O2. The van der Waals surface area contributed by atoms with Gasteiger partial charge in [0.15, 0.2) is 0 Å². The largest absolute Gasteiger partial charge is 0.353 e. The number of hydrogen-bond acceptors (Lipinski definition) is 4. The smallest absolute Gasteiger partial charge is 0.251 e. The number of nitrogens with zero attached hydrogens (tertiary/aromatic N) is 2. The van der Waals surface area contributed by atoms with Gasteiger partial charge in [-0.25, -0.2) is 4.98 Å². The second kappa shape index (κ2) is 6.13. The predicted molar refractivity (Wildman–Crippen MR) is 92.5 cm³/mol. The van der Waals surface area contributed by atoms with Crippen LogP contribution in [-0.4, -0.2) is 32.1 Å². The lowest BCUT2D eigenvalue weighted by Crippen LogP contribution is -2.44. The van der Waals surface area contributed by atoms with Gasteiger partial charge in [-0.2, -0.15) is 5.10 Å². The Morgan fingerprint density at radius 1 is 1.28 bits per heavy atom. The van der Waals surface area contributed by atoms with E-state index in [2.05, 4.69) is 25.5 Å². The Balaban J connectivity index is 1.33. The van der Waals surface area contributed by atoms with Crippen LogP contribution in [-0.2, 0) is 11.2 Å². The molecule has 0 unspecified atom stereocenters. The van der Waals surface area contributed by atoms with Gasteiger partial charge in [0, 0.05) is 35.2 Å². The maximum absolute atomic E-state index is 12.2. The molecule has 132 valence electrons. The first-order chi connectivity index (χ1) is 12.0. The Morgan fingerprint density at radius 3 is 2.68 bits per heavy atom. The highest BCUT2D eigenvalue weighted by atomic mass is 16.1. The Labute approximate surface area is 145 Å². The van der Waals surface area contributed by atoms with E-state index in [0.29, 0.717) is 12.3 Å². The van der Waals surface area contributed by atoms with Crippen LogP contribution in [0.3, 0.4) is 0 Å². The van der Waals surface area contributed by atoms with Crippen LogP contribution in [0.1, 0.15) is 66.0 Å². The third-order valence-corrected chi connectivity index (χ3v) is 5.28. The van der Waals surface area contributed by atoms with E-state index < -0.39 is 0 Å². The van der Waals surface area contributed by atoms with Crippen molar-refractivity contribution < 1.29 is 4.79 Å². The van der Waals surface area contributed by atoms with Gasteiger partial charge < -0.3 is 10.3 Å². The normalized spacial score (nSPS) is 22.5. The summed E-state index contributed by atoms with van der Waals surface area (Å²) in [5.41, 5.74) is 3.60. The van der Waals surface area contributed by atoms with E-state index in [0.717, 1.165) is 54.2 Å². The van der Waals surface area contributed by atoms with Gasteiger partial charge in [0.25, 0.3) is 5.56 Å². The second-order valence-corrected chi connectivity index (χ2v) is 7.35. The number of aromatic amines is 2. The van der Waals surface area contributed by atoms with Gasteiger partial charge in [0.2, 0.25) is 5.91 Å². The van der Waals surface area contributed by atoms with Crippen LogP contribution in [0.2, 0.25) is 0 Å². The third-order valence-electron chi connectivity index (χ3n) is 5.28. The number of hydrogen-bond donors (Lipinski definition) is 3. The summed E-state index contributed by atoms with van der Waals surface area (Å²) in [4.78, 5) is 31.5. The number of nitrogens with one attached hydrogen (secondary N) is 3. The first-order valence-corrected chi connectivity index (χ1v) is 8.90. The zero-order valence-electron chi connectivity index (χ0n) is 14.6. The molecule has 0 bridgehead atoms. The summed E-state index contributed by atoms with van der Waals surface area (Å²) in [5, 5.41) is 10.1. The third kappa shape index (κ3) is 3.36. The highest BCUT2D eigenvalue weighted by molar-refractivity contribution is 5.79. The number of aryl methyl sites for hydroxylation is 2. The molecule has 2 fully saturated rings. The van der Waals surface area contributed by atoms with Gasteiger partial charge >= 0.3 is 0 Å². The number of rotatable bonds is 5. The van der Waals surface area contributed by atoms with Crippen molar-refractivity contribution in [3.63, 3.8) is 0 Å². The maximum atomic E-state index is 12.2. The van der Waals surface area contributed by atoms with Crippen molar-refractivity contribution >= 4 is 5.91 Å². The van der Waals surface area contributed by atoms with Gasteiger partial charge in [-0.15, -0.1) is 0 Å². The number of carbonyl (C=O) groups excluding carboxylic acids is 1. The minimum atomic E-state index is -0.0645. The van der Waals surface area contributed by atoms with Crippen molar-refractivity contribution in [3.05, 3.63) is 44.9 Å². The fourth-order valence-electron chi connectivity index (χ4n) is 3.51. The summed E-state index contributed by atoms with van der Waals surface area (Å²) >= 11 is 0. The molecule has 25 heavy (non-hydrogen) atoms. The van der Waals surface area contributed by atoms with Gasteiger partial charge in [-0.1, -0.05) is 0 Å². The second-order valence-electron chi connectivity index (χ2n) is 7.35. The molecule has 0 aliphatic heterocycles. The van der Waals surface area contributed by atoms with E-state index in [-0.39, 0.29) is 23.4 Å². The van der Waals surface area contributed by atoms with Crippen molar-refractivity contribution in [2.45, 2.75) is 63.8 Å². The molecule has 2 heterocycles. The fourth-order valence-corrected chi connectivity index (χ4v) is 3.51. The summed E-state index contributed by atoms with van der Waals surface area (Å²) in [6.07, 6.45) is 4.26. The maximum Gasteiger partial charge on any atom is 0.251 e. The molecule has 2 aromatic heterocycles. The minimum Gasteiger partial charge on any atom is -0.353 e. The molecule has 2 aliphatic rings. The van der Waals surface area contributed by atoms with Crippen molar-refractivity contribution in [2.24, 2.45) is 0 Å². The first kappa shape index (κ1) is 16.1. The Kier molecular flexibility index (Phi) is 3.94. The van der Waals surface area contributed by atoms with Crippen LogP contribution in [0.5, 0.6) is 0 Å². The lowest BCUT2D eigenvalue weighted by atomic mass is 9.78. The number of H-pyrrole nitrogens is 2. The van der Waals surface area contributed by atoms with E-state index in [1.807, 2.05) is 13.8 Å². The number of amides is 1. The highest BCUT2D eigenvalue weighted by Crippen LogP contribution is 2.40. The molecule has 2 aliphatic carbocycles. The van der Waals surface area contributed by atoms with Gasteiger partial charge in [-0.3, -0.25) is 14.7 Å². The van der Waals surface area contributed by atoms with Crippen LogP contribution in [0.25, 0.3) is 0 Å². The monoisotopic (exact) mass is 341 g/mol. The van der Waals surface area contributed by atoms with Crippen LogP contribution < -0.4 is 10.9 Å². The van der Waals surface area contributed by atoms with Crippen LogP contribution >= 0.6 is 0 Å². The molecule has 0 saturated heterocycles. The molecule has 4 rings (SSSR count). The summed E-state index contributed by atoms with van der Waals surface area (Å²) in [6, 6.07) is 1.77. The fraction of sp³-hybridized carbons (Fsp3) is 0.556. The van der Waals surface area contributed by atoms with Gasteiger partial charge in [0.05, 0.1) is 17.8 Å². The summed E-state index contributed by atoms with van der Waals surface area (Å²) in [7, 11) is 0. The molecule has 0 aromatic carbocycles.